The Morgan fingerprint density at radius 1 is 0.640 bits per heavy atom. The fourth-order valence-corrected chi connectivity index (χ4v) is 3.35. The van der Waals surface area contributed by atoms with E-state index in [1.165, 1.54) is 0 Å². The first-order valence-corrected chi connectivity index (χ1v) is 8.57. The Kier molecular flexibility index (Phi) is 3.12. The zero-order valence-electron chi connectivity index (χ0n) is 13.3. The highest BCUT2D eigenvalue weighted by Gasteiger charge is 2.01. The molecule has 0 atom stereocenters. The molecule has 0 unspecified atom stereocenters. The summed E-state index contributed by atoms with van der Waals surface area (Å²) >= 11 is 0. The van der Waals surface area contributed by atoms with Gasteiger partial charge in [-0.05, 0) is 66.7 Å². The van der Waals surface area contributed by atoms with Crippen molar-refractivity contribution in [1.82, 2.24) is 19.9 Å². The molecule has 120 valence electrons. The van der Waals surface area contributed by atoms with Crippen LogP contribution in [-0.4, -0.2) is 19.9 Å². The first-order chi connectivity index (χ1) is 12.2. The normalized spacial score (nSPS) is 12.0. The van der Waals surface area contributed by atoms with Crippen molar-refractivity contribution in [3.63, 3.8) is 0 Å². The predicted octanol–water partition coefficient (Wildman–Crippen LogP) is 5.37. The Hall–Kier alpha value is -3.10. The van der Waals surface area contributed by atoms with Crippen molar-refractivity contribution in [2.75, 3.05) is 0 Å². The van der Waals surface area contributed by atoms with Gasteiger partial charge in [-0.25, -0.2) is 4.98 Å². The SMILES string of the molecule is P=c1c2nc(cc3ccc(cc4ccc(cc5ccc1[nH]5)[nH]4)[nH]3)C=C2. The van der Waals surface area contributed by atoms with Crippen LogP contribution in [-0.2, 0) is 0 Å². The second kappa shape index (κ2) is 5.47. The van der Waals surface area contributed by atoms with E-state index in [1.54, 1.807) is 0 Å². The minimum absolute atomic E-state index is 0.906. The molecular weight excluding hydrogens is 327 g/mol. The van der Waals surface area contributed by atoms with E-state index in [1.807, 2.05) is 18.2 Å². The number of rotatable bonds is 0. The molecule has 3 N–H and O–H groups in total. The summed E-state index contributed by atoms with van der Waals surface area (Å²) < 4.78 is 0. The van der Waals surface area contributed by atoms with Crippen molar-refractivity contribution >= 4 is 54.1 Å². The number of aromatic amines is 3. The average Bonchev–Trinajstić information content (AvgIpc) is 3.36. The van der Waals surface area contributed by atoms with Crippen molar-refractivity contribution in [3.8, 4) is 0 Å². The molecular formula is C20H15N4P. The Balaban J connectivity index is 1.92. The molecule has 0 amide bonds. The molecule has 1 aliphatic heterocycles. The highest BCUT2D eigenvalue weighted by atomic mass is 31.0. The van der Waals surface area contributed by atoms with Gasteiger partial charge in [0.2, 0.25) is 0 Å². The molecule has 1 aliphatic rings. The summed E-state index contributed by atoms with van der Waals surface area (Å²) in [7, 11) is 3.73. The van der Waals surface area contributed by atoms with Crippen molar-refractivity contribution in [1.29, 1.82) is 0 Å². The number of H-pyrrole nitrogens is 3. The van der Waals surface area contributed by atoms with E-state index in [4.69, 9.17) is 4.98 Å². The zero-order chi connectivity index (χ0) is 16.8. The highest BCUT2D eigenvalue weighted by Crippen LogP contribution is 2.17. The van der Waals surface area contributed by atoms with Crippen LogP contribution in [0.3, 0.4) is 0 Å². The molecule has 0 radical (unpaired) electrons. The van der Waals surface area contributed by atoms with Gasteiger partial charge in [-0.15, -0.1) is 8.86 Å². The van der Waals surface area contributed by atoms with E-state index in [0.29, 0.717) is 0 Å². The lowest BCUT2D eigenvalue weighted by molar-refractivity contribution is 1.31. The standard InChI is InChI=1S/C20H15N4P/c25-20-18-7-5-16(23-18)10-14-3-1-12(21-14)9-13-2-4-15(22-13)11-17-6-8-19(20)24-17/h1-11,21-23,25H. The molecule has 0 aliphatic carbocycles. The lowest BCUT2D eigenvalue weighted by atomic mass is 10.3. The van der Waals surface area contributed by atoms with Crippen molar-refractivity contribution in [2.24, 2.45) is 0 Å². The number of nitrogens with one attached hydrogen (secondary N) is 3. The van der Waals surface area contributed by atoms with Crippen LogP contribution in [0.5, 0.6) is 0 Å². The topological polar surface area (TPSA) is 60.3 Å². The quantitative estimate of drug-likeness (QED) is 0.326. The molecule has 0 aromatic carbocycles. The van der Waals surface area contributed by atoms with Gasteiger partial charge >= 0.3 is 0 Å². The Morgan fingerprint density at radius 2 is 1.20 bits per heavy atom. The fraction of sp³-hybridized carbons (Fsp3) is 0. The summed E-state index contributed by atoms with van der Waals surface area (Å²) in [5, 5.41) is 0. The summed E-state index contributed by atoms with van der Waals surface area (Å²) in [6, 6.07) is 18.6. The van der Waals surface area contributed by atoms with Gasteiger partial charge in [0.1, 0.15) is 0 Å². The second-order valence-corrected chi connectivity index (χ2v) is 6.63. The van der Waals surface area contributed by atoms with E-state index in [0.717, 1.165) is 49.4 Å². The summed E-state index contributed by atoms with van der Waals surface area (Å²) in [6.45, 7) is 0. The van der Waals surface area contributed by atoms with E-state index in [9.17, 15) is 0 Å². The number of nitrogens with zero attached hydrogens (tertiary/aromatic N) is 1. The van der Waals surface area contributed by atoms with Crippen molar-refractivity contribution in [2.45, 2.75) is 0 Å². The molecule has 4 nitrogen and oxygen atoms in total. The second-order valence-electron chi connectivity index (χ2n) is 6.13. The van der Waals surface area contributed by atoms with Crippen LogP contribution < -0.4 is 0 Å². The maximum Gasteiger partial charge on any atom is 0.0771 e. The van der Waals surface area contributed by atoms with Gasteiger partial charge in [-0.1, -0.05) is 0 Å². The van der Waals surface area contributed by atoms with Gasteiger partial charge in [-0.2, -0.15) is 0 Å². The lowest BCUT2D eigenvalue weighted by Gasteiger charge is -1.87. The number of hydrogen-bond acceptors (Lipinski definition) is 1. The van der Waals surface area contributed by atoms with Crippen LogP contribution in [0.1, 0.15) is 11.4 Å². The third-order valence-corrected chi connectivity index (χ3v) is 4.81. The monoisotopic (exact) mass is 342 g/mol. The molecule has 0 fully saturated rings. The minimum atomic E-state index is 0.906. The summed E-state index contributed by atoms with van der Waals surface area (Å²) in [6.07, 6.45) is 4.04. The van der Waals surface area contributed by atoms with Gasteiger partial charge < -0.3 is 15.0 Å². The average molecular weight is 342 g/mol. The van der Waals surface area contributed by atoms with E-state index in [2.05, 4.69) is 72.3 Å². The van der Waals surface area contributed by atoms with Crippen molar-refractivity contribution < 1.29 is 0 Å². The smallest absolute Gasteiger partial charge is 0.0771 e. The third kappa shape index (κ3) is 2.67. The van der Waals surface area contributed by atoms with Gasteiger partial charge in [0.15, 0.2) is 0 Å². The molecule has 8 bridgehead atoms. The largest absolute Gasteiger partial charge is 0.355 e. The molecule has 5 heteroatoms. The van der Waals surface area contributed by atoms with Crippen LogP contribution in [0.2, 0.25) is 0 Å². The summed E-state index contributed by atoms with van der Waals surface area (Å²) in [5.41, 5.74) is 8.04. The lowest BCUT2D eigenvalue weighted by Crippen LogP contribution is -1.76. The van der Waals surface area contributed by atoms with Crippen LogP contribution in [0.4, 0.5) is 0 Å². The molecule has 5 rings (SSSR count). The maximum absolute atomic E-state index is 4.69. The zero-order valence-corrected chi connectivity index (χ0v) is 14.3. The van der Waals surface area contributed by atoms with E-state index in [-0.39, 0.29) is 0 Å². The summed E-state index contributed by atoms with van der Waals surface area (Å²) in [4.78, 5) is 15.9. The van der Waals surface area contributed by atoms with Crippen molar-refractivity contribution in [3.05, 3.63) is 70.9 Å². The molecule has 25 heavy (non-hydrogen) atoms. The fourth-order valence-electron chi connectivity index (χ4n) is 3.07. The highest BCUT2D eigenvalue weighted by molar-refractivity contribution is 7.07. The van der Waals surface area contributed by atoms with Gasteiger partial charge in [0.05, 0.1) is 16.9 Å². The van der Waals surface area contributed by atoms with Gasteiger partial charge in [0.25, 0.3) is 0 Å². The first kappa shape index (κ1) is 14.3. The molecule has 4 aromatic heterocycles. The van der Waals surface area contributed by atoms with Crippen LogP contribution in [0, 0.1) is 4.94 Å². The van der Waals surface area contributed by atoms with E-state index < -0.39 is 0 Å². The number of aromatic nitrogens is 4. The maximum atomic E-state index is 4.69. The molecule has 0 saturated heterocycles. The predicted molar refractivity (Wildman–Crippen MR) is 107 cm³/mol. The third-order valence-electron chi connectivity index (χ3n) is 4.28. The van der Waals surface area contributed by atoms with Crippen LogP contribution in [0.25, 0.3) is 45.3 Å². The van der Waals surface area contributed by atoms with E-state index >= 15 is 0 Å². The molecule has 4 aromatic rings. The minimum Gasteiger partial charge on any atom is -0.355 e. The first-order valence-electron chi connectivity index (χ1n) is 8.07. The molecule has 0 saturated carbocycles. The van der Waals surface area contributed by atoms with Crippen LogP contribution >= 0.6 is 8.86 Å². The van der Waals surface area contributed by atoms with Gasteiger partial charge in [0, 0.05) is 32.5 Å². The Bertz CT molecular complexity index is 1320. The summed E-state index contributed by atoms with van der Waals surface area (Å²) in [5.74, 6) is 0. The molecule has 5 heterocycles. The Labute approximate surface area is 145 Å². The van der Waals surface area contributed by atoms with Crippen LogP contribution in [0.15, 0.2) is 54.6 Å². The van der Waals surface area contributed by atoms with Gasteiger partial charge in [-0.3, -0.25) is 0 Å². The molecule has 0 spiro atoms. The Morgan fingerprint density at radius 3 is 1.88 bits per heavy atom. The number of fused-ring (bicyclic) bond motifs is 8. The number of hydrogen-bond donors (Lipinski definition) is 3.